The van der Waals surface area contributed by atoms with E-state index in [4.69, 9.17) is 9.52 Å². The summed E-state index contributed by atoms with van der Waals surface area (Å²) in [6.07, 6.45) is 1.33. The molecule has 0 radical (unpaired) electrons. The summed E-state index contributed by atoms with van der Waals surface area (Å²) >= 11 is 0. The van der Waals surface area contributed by atoms with Gasteiger partial charge in [0.05, 0.1) is 6.54 Å². The second-order valence-corrected chi connectivity index (χ2v) is 6.97. The van der Waals surface area contributed by atoms with Crippen LogP contribution in [0.1, 0.15) is 39.4 Å². The van der Waals surface area contributed by atoms with Crippen molar-refractivity contribution >= 4 is 10.0 Å². The van der Waals surface area contributed by atoms with Gasteiger partial charge < -0.3 is 14.8 Å². The molecule has 0 aliphatic heterocycles. The molecule has 6 nitrogen and oxygen atoms in total. The van der Waals surface area contributed by atoms with Crippen LogP contribution in [0.4, 0.5) is 0 Å². The van der Waals surface area contributed by atoms with Crippen molar-refractivity contribution in [2.24, 2.45) is 0 Å². The zero-order chi connectivity index (χ0) is 15.2. The summed E-state index contributed by atoms with van der Waals surface area (Å²) in [5, 5.41) is 12.0. The van der Waals surface area contributed by atoms with Crippen molar-refractivity contribution < 1.29 is 17.9 Å². The van der Waals surface area contributed by atoms with Crippen molar-refractivity contribution in [1.29, 1.82) is 0 Å². The predicted octanol–water partition coefficient (Wildman–Crippen LogP) is 1.22. The lowest BCUT2D eigenvalue weighted by atomic mass is 10.0. The Labute approximate surface area is 120 Å². The minimum Gasteiger partial charge on any atom is -0.447 e. The fraction of sp³-hybridized carbons (Fsp3) is 0.692. The van der Waals surface area contributed by atoms with Gasteiger partial charge in [0.25, 0.3) is 10.0 Å². The van der Waals surface area contributed by atoms with Crippen molar-refractivity contribution in [1.82, 2.24) is 10.0 Å². The van der Waals surface area contributed by atoms with E-state index in [1.165, 1.54) is 6.07 Å². The lowest BCUT2D eigenvalue weighted by Gasteiger charge is -2.24. The number of sulfonamides is 1. The fourth-order valence-electron chi connectivity index (χ4n) is 1.73. The molecule has 0 amide bonds. The minimum absolute atomic E-state index is 0.0835. The van der Waals surface area contributed by atoms with Crippen molar-refractivity contribution in [2.75, 3.05) is 13.2 Å². The monoisotopic (exact) mass is 304 g/mol. The number of furan rings is 1. The molecule has 0 saturated carbocycles. The second-order valence-electron chi connectivity index (χ2n) is 5.36. The lowest BCUT2D eigenvalue weighted by Crippen LogP contribution is -2.43. The van der Waals surface area contributed by atoms with Crippen LogP contribution < -0.4 is 10.0 Å². The molecule has 1 aromatic rings. The molecule has 1 aromatic heterocycles. The molecule has 7 heteroatoms. The van der Waals surface area contributed by atoms with E-state index in [1.807, 2.05) is 0 Å². The second kappa shape index (κ2) is 7.21. The Morgan fingerprint density at radius 1 is 1.35 bits per heavy atom. The molecule has 3 N–H and O–H groups in total. The van der Waals surface area contributed by atoms with Gasteiger partial charge in [0.1, 0.15) is 5.76 Å². The van der Waals surface area contributed by atoms with Crippen LogP contribution in [0.25, 0.3) is 0 Å². The molecule has 0 spiro atoms. The van der Waals surface area contributed by atoms with Gasteiger partial charge in [-0.3, -0.25) is 0 Å². The molecule has 0 bridgehead atoms. The third-order valence-electron chi connectivity index (χ3n) is 2.78. The maximum Gasteiger partial charge on any atom is 0.274 e. The highest BCUT2D eigenvalue weighted by Gasteiger charge is 2.28. The number of hydrogen-bond donors (Lipinski definition) is 3. The number of nitrogens with one attached hydrogen (secondary N) is 2. The smallest absolute Gasteiger partial charge is 0.274 e. The van der Waals surface area contributed by atoms with Gasteiger partial charge in [-0.15, -0.1) is 0 Å². The van der Waals surface area contributed by atoms with Gasteiger partial charge in [0.2, 0.25) is 5.09 Å². The molecule has 0 atom stereocenters. The molecule has 0 fully saturated rings. The molecule has 20 heavy (non-hydrogen) atoms. The summed E-state index contributed by atoms with van der Waals surface area (Å²) in [7, 11) is -3.71. The van der Waals surface area contributed by atoms with E-state index in [-0.39, 0.29) is 11.7 Å². The topological polar surface area (TPSA) is 91.6 Å². The third-order valence-corrected chi connectivity index (χ3v) is 4.35. The van der Waals surface area contributed by atoms with Gasteiger partial charge >= 0.3 is 0 Å². The van der Waals surface area contributed by atoms with Crippen LogP contribution in [-0.2, 0) is 16.6 Å². The molecule has 0 aromatic carbocycles. The Kier molecular flexibility index (Phi) is 6.19. The van der Waals surface area contributed by atoms with Crippen molar-refractivity contribution in [3.63, 3.8) is 0 Å². The maximum absolute atomic E-state index is 12.2. The highest BCUT2D eigenvalue weighted by molar-refractivity contribution is 7.89. The van der Waals surface area contributed by atoms with E-state index in [9.17, 15) is 8.42 Å². The average molecular weight is 304 g/mol. The molecule has 116 valence electrons. The number of aliphatic hydroxyl groups excluding tert-OH is 1. The number of hydrogen-bond acceptors (Lipinski definition) is 5. The zero-order valence-corrected chi connectivity index (χ0v) is 13.1. The van der Waals surface area contributed by atoms with Crippen molar-refractivity contribution in [2.45, 2.75) is 50.8 Å². The molecule has 0 unspecified atom stereocenters. The van der Waals surface area contributed by atoms with Crippen LogP contribution in [0.15, 0.2) is 21.6 Å². The molecule has 0 aliphatic carbocycles. The van der Waals surface area contributed by atoms with E-state index in [0.717, 1.165) is 13.0 Å². The largest absolute Gasteiger partial charge is 0.447 e. The number of rotatable bonds is 9. The lowest BCUT2D eigenvalue weighted by molar-refractivity contribution is 0.245. The Morgan fingerprint density at radius 3 is 2.65 bits per heavy atom. The third kappa shape index (κ3) is 5.24. The van der Waals surface area contributed by atoms with Crippen molar-refractivity contribution in [3.05, 3.63) is 17.9 Å². The summed E-state index contributed by atoms with van der Waals surface area (Å²) < 4.78 is 32.2. The fourth-order valence-corrected chi connectivity index (χ4v) is 3.12. The Morgan fingerprint density at radius 2 is 2.05 bits per heavy atom. The van der Waals surface area contributed by atoms with Crippen molar-refractivity contribution in [3.8, 4) is 0 Å². The standard InChI is InChI=1S/C13H24N2O4S/c1-4-8-14-10-11-5-6-12(19-11)20(17,18)15-13(2,3)7-9-16/h5-6,14-16H,4,7-10H2,1-3H3. The first-order valence-corrected chi connectivity index (χ1v) is 8.23. The Bertz CT molecular complexity index is 508. The molecular formula is C13H24N2O4S. The first-order valence-electron chi connectivity index (χ1n) is 6.75. The van der Waals surface area contributed by atoms with Crippen LogP contribution in [-0.4, -0.2) is 32.2 Å². The SMILES string of the molecule is CCCNCc1ccc(S(=O)(=O)NC(C)(C)CCO)o1. The summed E-state index contributed by atoms with van der Waals surface area (Å²) in [6.45, 7) is 6.76. The van der Waals surface area contributed by atoms with E-state index < -0.39 is 15.6 Å². The zero-order valence-electron chi connectivity index (χ0n) is 12.3. The van der Waals surface area contributed by atoms with E-state index in [1.54, 1.807) is 19.9 Å². The normalized spacial score (nSPS) is 12.8. The quantitative estimate of drug-likeness (QED) is 0.597. The minimum atomic E-state index is -3.71. The van der Waals surface area contributed by atoms with E-state index >= 15 is 0 Å². The van der Waals surface area contributed by atoms with Crippen LogP contribution in [0.5, 0.6) is 0 Å². The molecule has 1 rings (SSSR count). The molecule has 1 heterocycles. The van der Waals surface area contributed by atoms with Crippen LogP contribution in [0, 0.1) is 0 Å². The van der Waals surface area contributed by atoms with Gasteiger partial charge in [0, 0.05) is 12.1 Å². The Hall–Kier alpha value is -0.890. The molecular weight excluding hydrogens is 280 g/mol. The highest BCUT2D eigenvalue weighted by atomic mass is 32.2. The maximum atomic E-state index is 12.2. The van der Waals surface area contributed by atoms with E-state index in [2.05, 4.69) is 17.0 Å². The van der Waals surface area contributed by atoms with Crippen LogP contribution in [0.3, 0.4) is 0 Å². The summed E-state index contributed by atoms with van der Waals surface area (Å²) in [6, 6.07) is 3.09. The summed E-state index contributed by atoms with van der Waals surface area (Å²) in [5.74, 6) is 0.582. The van der Waals surface area contributed by atoms with Gasteiger partial charge in [0.15, 0.2) is 0 Å². The van der Waals surface area contributed by atoms with Gasteiger partial charge in [-0.1, -0.05) is 6.92 Å². The summed E-state index contributed by atoms with van der Waals surface area (Å²) in [5.41, 5.74) is -0.721. The molecule has 0 saturated heterocycles. The van der Waals surface area contributed by atoms with Gasteiger partial charge in [-0.25, -0.2) is 13.1 Å². The molecule has 0 aliphatic rings. The van der Waals surface area contributed by atoms with Gasteiger partial charge in [-0.05, 0) is 45.4 Å². The average Bonchev–Trinajstić information content (AvgIpc) is 2.77. The van der Waals surface area contributed by atoms with E-state index in [0.29, 0.717) is 18.7 Å². The Balaban J connectivity index is 2.73. The predicted molar refractivity (Wildman–Crippen MR) is 76.8 cm³/mol. The summed E-state index contributed by atoms with van der Waals surface area (Å²) in [4.78, 5) is 0. The first-order chi connectivity index (χ1) is 9.30. The number of aliphatic hydroxyl groups is 1. The van der Waals surface area contributed by atoms with Gasteiger partial charge in [-0.2, -0.15) is 0 Å². The highest BCUT2D eigenvalue weighted by Crippen LogP contribution is 2.18. The van der Waals surface area contributed by atoms with Crippen LogP contribution >= 0.6 is 0 Å². The first kappa shape index (κ1) is 17.2. The van der Waals surface area contributed by atoms with Crippen LogP contribution in [0.2, 0.25) is 0 Å².